The Morgan fingerprint density at radius 1 is 1.38 bits per heavy atom. The maximum atomic E-state index is 11.7. The molecular formula is C10H18O2S. The van der Waals surface area contributed by atoms with Gasteiger partial charge in [-0.05, 0) is 12.8 Å². The summed E-state index contributed by atoms with van der Waals surface area (Å²) >= 11 is 0. The molecule has 0 aliphatic heterocycles. The van der Waals surface area contributed by atoms with Crippen molar-refractivity contribution in [2.75, 3.05) is 5.75 Å². The zero-order valence-corrected chi connectivity index (χ0v) is 9.23. The molecule has 1 atom stereocenters. The van der Waals surface area contributed by atoms with Crippen molar-refractivity contribution < 1.29 is 9.00 Å². The third-order valence-corrected chi connectivity index (χ3v) is 4.39. The Hall–Kier alpha value is -0.180. The molecule has 0 aromatic rings. The fourth-order valence-electron chi connectivity index (χ4n) is 1.58. The van der Waals surface area contributed by atoms with Crippen LogP contribution in [-0.4, -0.2) is 21.0 Å². The molecule has 0 N–H and O–H groups in total. The van der Waals surface area contributed by atoms with Crippen molar-refractivity contribution in [3.63, 3.8) is 0 Å². The minimum atomic E-state index is -0.896. The molecule has 0 radical (unpaired) electrons. The van der Waals surface area contributed by atoms with E-state index in [1.165, 1.54) is 12.8 Å². The van der Waals surface area contributed by atoms with Crippen molar-refractivity contribution in [1.29, 1.82) is 0 Å². The van der Waals surface area contributed by atoms with Gasteiger partial charge in [-0.25, -0.2) is 0 Å². The van der Waals surface area contributed by atoms with Crippen molar-refractivity contribution in [3.8, 4) is 0 Å². The van der Waals surface area contributed by atoms with E-state index in [9.17, 15) is 9.00 Å². The Bertz CT molecular complexity index is 205. The number of hydrogen-bond acceptors (Lipinski definition) is 2. The van der Waals surface area contributed by atoms with Crippen molar-refractivity contribution in [2.45, 2.75) is 44.8 Å². The molecule has 0 heterocycles. The molecular weight excluding hydrogens is 184 g/mol. The summed E-state index contributed by atoms with van der Waals surface area (Å²) < 4.78 is 11.7. The van der Waals surface area contributed by atoms with Crippen LogP contribution in [0.5, 0.6) is 0 Å². The van der Waals surface area contributed by atoms with E-state index in [1.807, 2.05) is 13.8 Å². The summed E-state index contributed by atoms with van der Waals surface area (Å²) in [5.41, 5.74) is 0. The first-order valence-electron chi connectivity index (χ1n) is 5.01. The molecule has 1 fully saturated rings. The maximum absolute atomic E-state index is 11.7. The molecule has 1 rings (SSSR count). The minimum absolute atomic E-state index is 0.0327. The number of ketones is 1. The van der Waals surface area contributed by atoms with E-state index in [4.69, 9.17) is 0 Å². The molecule has 1 unspecified atom stereocenters. The van der Waals surface area contributed by atoms with Gasteiger partial charge in [-0.3, -0.25) is 9.00 Å². The summed E-state index contributed by atoms with van der Waals surface area (Å²) in [5, 5.41) is 0.308. The Morgan fingerprint density at radius 3 is 2.38 bits per heavy atom. The second-order valence-electron chi connectivity index (χ2n) is 4.05. The van der Waals surface area contributed by atoms with E-state index in [0.29, 0.717) is 5.25 Å². The second-order valence-corrected chi connectivity index (χ2v) is 5.77. The van der Waals surface area contributed by atoms with Gasteiger partial charge in [0.2, 0.25) is 0 Å². The summed E-state index contributed by atoms with van der Waals surface area (Å²) in [6.45, 7) is 3.74. The quantitative estimate of drug-likeness (QED) is 0.698. The van der Waals surface area contributed by atoms with E-state index >= 15 is 0 Å². The zero-order chi connectivity index (χ0) is 9.84. The van der Waals surface area contributed by atoms with Crippen LogP contribution in [0.25, 0.3) is 0 Å². The zero-order valence-electron chi connectivity index (χ0n) is 8.41. The molecule has 13 heavy (non-hydrogen) atoms. The number of rotatable bonds is 4. The standard InChI is InChI=1S/C10H18O2S/c1-8(2)10(11)7-13(12)9-5-3-4-6-9/h8-9H,3-7H2,1-2H3. The summed E-state index contributed by atoms with van der Waals surface area (Å²) in [7, 11) is -0.896. The van der Waals surface area contributed by atoms with E-state index in [1.54, 1.807) is 0 Å². The molecule has 0 bridgehead atoms. The smallest absolute Gasteiger partial charge is 0.147 e. The average Bonchev–Trinajstić information content (AvgIpc) is 2.55. The van der Waals surface area contributed by atoms with Crippen LogP contribution < -0.4 is 0 Å². The fourth-order valence-corrected chi connectivity index (χ4v) is 3.28. The van der Waals surface area contributed by atoms with Crippen LogP contribution in [-0.2, 0) is 15.6 Å². The van der Waals surface area contributed by atoms with Gasteiger partial charge in [-0.1, -0.05) is 26.7 Å². The summed E-state index contributed by atoms with van der Waals surface area (Å²) in [5.74, 6) is 0.457. The highest BCUT2D eigenvalue weighted by Crippen LogP contribution is 2.23. The highest BCUT2D eigenvalue weighted by atomic mass is 32.2. The molecule has 2 nitrogen and oxygen atoms in total. The van der Waals surface area contributed by atoms with Gasteiger partial charge in [-0.2, -0.15) is 0 Å². The van der Waals surface area contributed by atoms with Crippen molar-refractivity contribution >= 4 is 16.6 Å². The van der Waals surface area contributed by atoms with Gasteiger partial charge in [0, 0.05) is 22.0 Å². The van der Waals surface area contributed by atoms with Crippen LogP contribution in [0.15, 0.2) is 0 Å². The van der Waals surface area contributed by atoms with Gasteiger partial charge < -0.3 is 0 Å². The lowest BCUT2D eigenvalue weighted by Gasteiger charge is -2.09. The van der Waals surface area contributed by atoms with Gasteiger partial charge in [0.25, 0.3) is 0 Å². The van der Waals surface area contributed by atoms with Crippen molar-refractivity contribution in [1.82, 2.24) is 0 Å². The van der Waals surface area contributed by atoms with Crippen molar-refractivity contribution in [2.24, 2.45) is 5.92 Å². The minimum Gasteiger partial charge on any atom is -0.298 e. The Balaban J connectivity index is 2.36. The lowest BCUT2D eigenvalue weighted by atomic mass is 10.1. The van der Waals surface area contributed by atoms with Crippen molar-refractivity contribution in [3.05, 3.63) is 0 Å². The SMILES string of the molecule is CC(C)C(=O)CS(=O)C1CCCC1. The molecule has 1 aliphatic carbocycles. The molecule has 0 aromatic carbocycles. The topological polar surface area (TPSA) is 34.1 Å². The molecule has 0 aromatic heterocycles. The molecule has 0 amide bonds. The molecule has 3 heteroatoms. The molecule has 1 saturated carbocycles. The highest BCUT2D eigenvalue weighted by Gasteiger charge is 2.23. The van der Waals surface area contributed by atoms with Gasteiger partial charge in [0.05, 0.1) is 5.75 Å². The Kier molecular flexibility index (Phi) is 4.10. The average molecular weight is 202 g/mol. The van der Waals surface area contributed by atoms with Gasteiger partial charge >= 0.3 is 0 Å². The molecule has 1 aliphatic rings. The molecule has 76 valence electrons. The van der Waals surface area contributed by atoms with E-state index in [-0.39, 0.29) is 17.5 Å². The predicted molar refractivity (Wildman–Crippen MR) is 55.1 cm³/mol. The van der Waals surface area contributed by atoms with Crippen LogP contribution >= 0.6 is 0 Å². The number of carbonyl (C=O) groups is 1. The Labute approximate surface area is 82.6 Å². The van der Waals surface area contributed by atoms with E-state index in [0.717, 1.165) is 12.8 Å². The predicted octanol–water partition coefficient (Wildman–Crippen LogP) is 1.90. The number of Topliss-reactive ketones (excluding diaryl/α,β-unsaturated/α-hetero) is 1. The van der Waals surface area contributed by atoms with Crippen LogP contribution in [0.4, 0.5) is 0 Å². The second kappa shape index (κ2) is 4.89. The van der Waals surface area contributed by atoms with E-state index in [2.05, 4.69) is 0 Å². The summed E-state index contributed by atoms with van der Waals surface area (Å²) in [4.78, 5) is 11.3. The lowest BCUT2D eigenvalue weighted by molar-refractivity contribution is -0.119. The summed E-state index contributed by atoms with van der Waals surface area (Å²) in [6, 6.07) is 0. The van der Waals surface area contributed by atoms with Gasteiger partial charge in [-0.15, -0.1) is 0 Å². The normalized spacial score (nSPS) is 20.8. The fraction of sp³-hybridized carbons (Fsp3) is 0.900. The van der Waals surface area contributed by atoms with Gasteiger partial charge in [0.15, 0.2) is 0 Å². The maximum Gasteiger partial charge on any atom is 0.147 e. The number of hydrogen-bond donors (Lipinski definition) is 0. The third kappa shape index (κ3) is 3.22. The van der Waals surface area contributed by atoms with Crippen LogP contribution in [0, 0.1) is 5.92 Å². The lowest BCUT2D eigenvalue weighted by Crippen LogP contribution is -2.22. The van der Waals surface area contributed by atoms with E-state index < -0.39 is 10.8 Å². The molecule has 0 spiro atoms. The first-order valence-corrected chi connectivity index (χ1v) is 6.39. The highest BCUT2D eigenvalue weighted by molar-refractivity contribution is 7.86. The first-order chi connectivity index (χ1) is 6.11. The molecule has 0 saturated heterocycles. The summed E-state index contributed by atoms with van der Waals surface area (Å²) in [6.07, 6.45) is 4.48. The van der Waals surface area contributed by atoms with Gasteiger partial charge in [0.1, 0.15) is 5.78 Å². The largest absolute Gasteiger partial charge is 0.298 e. The number of carbonyl (C=O) groups excluding carboxylic acids is 1. The third-order valence-electron chi connectivity index (χ3n) is 2.60. The van der Waals surface area contributed by atoms with Crippen LogP contribution in [0.1, 0.15) is 39.5 Å². The Morgan fingerprint density at radius 2 is 1.92 bits per heavy atom. The van der Waals surface area contributed by atoms with Crippen LogP contribution in [0.3, 0.4) is 0 Å². The monoisotopic (exact) mass is 202 g/mol. The first kappa shape index (κ1) is 10.9. The van der Waals surface area contributed by atoms with Crippen LogP contribution in [0.2, 0.25) is 0 Å².